The van der Waals surface area contributed by atoms with Crippen LogP contribution < -0.4 is 33.2 Å². The number of carbonyl (C=O) groups excluding carboxylic acids is 2. The molecular weight excluding hydrogens is 1120 g/mol. The van der Waals surface area contributed by atoms with E-state index in [0.717, 1.165) is 101 Å². The van der Waals surface area contributed by atoms with Crippen LogP contribution in [0.4, 0.5) is 0 Å². The van der Waals surface area contributed by atoms with Gasteiger partial charge in [-0.3, -0.25) is 14.5 Å². The van der Waals surface area contributed by atoms with E-state index in [1.165, 1.54) is 0 Å². The van der Waals surface area contributed by atoms with Gasteiger partial charge in [-0.15, -0.1) is 46.4 Å². The molecule has 13 nitrogen and oxygen atoms in total. The molecule has 2 fully saturated rings. The van der Waals surface area contributed by atoms with Crippen LogP contribution in [-0.2, 0) is 0 Å². The zero-order valence-electron chi connectivity index (χ0n) is 37.7. The number of unbranched alkanes of at least 4 members (excludes halogenated alkanes) is 1. The van der Waals surface area contributed by atoms with Crippen molar-refractivity contribution in [2.24, 2.45) is 17.2 Å². The fourth-order valence-electron chi connectivity index (χ4n) is 5.20. The quantitative estimate of drug-likeness (QED) is 0.0559. The first-order valence-electron chi connectivity index (χ1n) is 21.2. The fraction of sp³-hybridized carbons (Fsp3) is 0.533. The van der Waals surface area contributed by atoms with Crippen molar-refractivity contribution in [3.8, 4) is 0 Å². The standard InChI is InChI=1S/C14H19BrN2O2.C10H11BrClNO.C8H7BrO2.C4H10ClN.C4H9NO.C3H8ClN.C2H6ClN/c1-10-12(3-2-4-13(10)15)14(19)16-6-8-17-7-5-11(18)9-17;1-7-8(3-2-4-9(7)11)10(14)13-6-5-12;1-5-6(8(10)11)3-2-4-7(5)9;5-3-1-2-4-6;6-4-1-2-5-3-4;4-2-1-3-5;3-1-2-4/h2-4,11,18H,5-9H2,1H3,(H,16,19);2-4H,5-6H2,1H3,(H,13,14);2-4H,1H3,(H,10,11);1-4,6H2;4-6H,1-3H2;1-3,5H2;1-2,4H2/t11-;;;;4-;;/m1...1../s1. The lowest BCUT2D eigenvalue weighted by atomic mass is 10.1. The van der Waals surface area contributed by atoms with Gasteiger partial charge in [-0.25, -0.2) is 4.79 Å². The number of halogens is 7. The first kappa shape index (κ1) is 65.5. The van der Waals surface area contributed by atoms with Crippen LogP contribution in [0.25, 0.3) is 0 Å². The summed E-state index contributed by atoms with van der Waals surface area (Å²) < 4.78 is 2.72. The number of nitrogens with two attached hydrogens (primary N) is 3. The van der Waals surface area contributed by atoms with Crippen molar-refractivity contribution in [3.05, 3.63) is 101 Å². The number of aliphatic hydroxyl groups excluding tert-OH is 2. The van der Waals surface area contributed by atoms with Gasteiger partial charge in [0.15, 0.2) is 0 Å². The first-order chi connectivity index (χ1) is 31.0. The number of nitrogens with zero attached hydrogens (tertiary/aromatic N) is 1. The Hall–Kier alpha value is -1.61. The number of carbonyl (C=O) groups is 3. The maximum Gasteiger partial charge on any atom is 0.335 e. The highest BCUT2D eigenvalue weighted by Gasteiger charge is 2.20. The summed E-state index contributed by atoms with van der Waals surface area (Å²) in [5.41, 5.74) is 19.5. The van der Waals surface area contributed by atoms with Crippen LogP contribution >= 0.6 is 94.2 Å². The van der Waals surface area contributed by atoms with E-state index in [1.54, 1.807) is 25.1 Å². The van der Waals surface area contributed by atoms with Gasteiger partial charge < -0.3 is 48.5 Å². The van der Waals surface area contributed by atoms with Crippen LogP contribution in [0.2, 0.25) is 0 Å². The molecule has 2 atom stereocenters. The Bertz CT molecular complexity index is 1730. The molecule has 0 saturated carbocycles. The van der Waals surface area contributed by atoms with Crippen molar-refractivity contribution >= 4 is 112 Å². The van der Waals surface area contributed by atoms with Crippen LogP contribution in [0.3, 0.4) is 0 Å². The summed E-state index contributed by atoms with van der Waals surface area (Å²) in [5.74, 6) is 1.43. The van der Waals surface area contributed by atoms with Gasteiger partial charge in [0.2, 0.25) is 0 Å². The molecule has 0 aliphatic carbocycles. The summed E-state index contributed by atoms with van der Waals surface area (Å²) >= 11 is 31.1. The number of aromatic carboxylic acids is 1. The van der Waals surface area contributed by atoms with E-state index in [2.05, 4.69) is 68.6 Å². The molecule has 65 heavy (non-hydrogen) atoms. The molecule has 0 aromatic heterocycles. The number of β-amino-alcohol motifs (C(OH)–C–C–N with tert-alkyl or cyclic N) is 2. The number of hydrogen-bond acceptors (Lipinski definition) is 10. The summed E-state index contributed by atoms with van der Waals surface area (Å²) in [5, 5.41) is 35.4. The predicted molar refractivity (Wildman–Crippen MR) is 283 cm³/mol. The van der Waals surface area contributed by atoms with Crippen molar-refractivity contribution in [3.63, 3.8) is 0 Å². The Labute approximate surface area is 432 Å². The highest BCUT2D eigenvalue weighted by atomic mass is 79.9. The summed E-state index contributed by atoms with van der Waals surface area (Å²) in [4.78, 5) is 36.4. The molecule has 0 radical (unpaired) electrons. The number of rotatable bonds is 14. The first-order valence-corrected chi connectivity index (χ1v) is 25.7. The number of amides is 2. The van der Waals surface area contributed by atoms with Crippen molar-refractivity contribution in [2.75, 3.05) is 89.0 Å². The molecule has 12 N–H and O–H groups in total. The number of likely N-dealkylation sites (tertiary alicyclic amines) is 1. The summed E-state index contributed by atoms with van der Waals surface area (Å²) in [7, 11) is 0. The van der Waals surface area contributed by atoms with E-state index in [1.807, 2.05) is 50.2 Å². The van der Waals surface area contributed by atoms with Crippen LogP contribution in [0.5, 0.6) is 0 Å². The van der Waals surface area contributed by atoms with Crippen molar-refractivity contribution in [1.29, 1.82) is 0 Å². The zero-order chi connectivity index (χ0) is 49.6. The Morgan fingerprint density at radius 1 is 0.662 bits per heavy atom. The molecule has 3 aromatic carbocycles. The summed E-state index contributed by atoms with van der Waals surface area (Å²) in [6.45, 7) is 13.0. The second-order valence-electron chi connectivity index (χ2n) is 14.1. The highest BCUT2D eigenvalue weighted by Crippen LogP contribution is 2.21. The van der Waals surface area contributed by atoms with E-state index >= 15 is 0 Å². The number of carboxylic acid groups (broad SMARTS) is 1. The molecule has 2 aliphatic rings. The Morgan fingerprint density at radius 2 is 1.12 bits per heavy atom. The van der Waals surface area contributed by atoms with Gasteiger partial charge in [0.1, 0.15) is 0 Å². The van der Waals surface area contributed by atoms with E-state index in [4.69, 9.17) is 73.8 Å². The lowest BCUT2D eigenvalue weighted by Crippen LogP contribution is -2.34. The maximum atomic E-state index is 12.1. The lowest BCUT2D eigenvalue weighted by Gasteiger charge is -2.15. The van der Waals surface area contributed by atoms with Gasteiger partial charge in [-0.2, -0.15) is 0 Å². The minimum Gasteiger partial charge on any atom is -0.478 e. The van der Waals surface area contributed by atoms with E-state index in [-0.39, 0.29) is 24.0 Å². The Balaban J connectivity index is 0. The second-order valence-corrected chi connectivity index (χ2v) is 18.2. The van der Waals surface area contributed by atoms with Crippen LogP contribution in [-0.4, -0.2) is 139 Å². The molecule has 370 valence electrons. The molecule has 0 unspecified atom stereocenters. The molecule has 0 bridgehead atoms. The number of nitrogens with one attached hydrogen (secondary N) is 3. The third-order valence-electron chi connectivity index (χ3n) is 8.93. The molecular formula is C45H70Br3Cl4N7O6. The highest BCUT2D eigenvalue weighted by molar-refractivity contribution is 9.11. The fourth-order valence-corrected chi connectivity index (χ4v) is 6.73. The molecule has 5 rings (SSSR count). The monoisotopic (exact) mass is 1180 g/mol. The molecule has 2 amide bonds. The smallest absolute Gasteiger partial charge is 0.335 e. The molecule has 0 spiro atoms. The third-order valence-corrected chi connectivity index (χ3v) is 12.5. The largest absolute Gasteiger partial charge is 0.478 e. The number of hydrogen-bond donors (Lipinski definition) is 9. The zero-order valence-corrected chi connectivity index (χ0v) is 45.5. The normalized spacial score (nSPS) is 14.6. The minimum atomic E-state index is -0.885. The average Bonchev–Trinajstić information content (AvgIpc) is 3.96. The van der Waals surface area contributed by atoms with Gasteiger partial charge >= 0.3 is 5.97 Å². The van der Waals surface area contributed by atoms with Crippen LogP contribution in [0, 0.1) is 20.8 Å². The number of benzene rings is 3. The summed E-state index contributed by atoms with van der Waals surface area (Å²) in [6.07, 6.45) is 4.54. The van der Waals surface area contributed by atoms with E-state index in [0.29, 0.717) is 67.1 Å². The van der Waals surface area contributed by atoms with Gasteiger partial charge in [0.05, 0.1) is 17.8 Å². The number of alkyl halides is 4. The molecule has 3 aromatic rings. The number of carboxylic acids is 1. The van der Waals surface area contributed by atoms with Crippen LogP contribution in [0.15, 0.2) is 68.0 Å². The van der Waals surface area contributed by atoms with Gasteiger partial charge in [-0.05, 0) is 126 Å². The van der Waals surface area contributed by atoms with Crippen molar-refractivity contribution in [1.82, 2.24) is 20.9 Å². The van der Waals surface area contributed by atoms with E-state index in [9.17, 15) is 19.5 Å². The SMILES string of the molecule is Cc1c(Br)cccc1C(=O)NCCCl.Cc1c(Br)cccc1C(=O)NCCN1CC[C@@H](O)C1.Cc1c(Br)cccc1C(=O)O.NCCCCCl.NCCCCl.NCCCl.O[C@@H]1CCNC1. The Kier molecular flexibility index (Phi) is 42.8. The lowest BCUT2D eigenvalue weighted by molar-refractivity contribution is 0.0695. The van der Waals surface area contributed by atoms with Gasteiger partial charge in [0.25, 0.3) is 11.8 Å². The van der Waals surface area contributed by atoms with Crippen molar-refractivity contribution in [2.45, 2.75) is 65.1 Å². The van der Waals surface area contributed by atoms with Crippen LogP contribution in [0.1, 0.15) is 79.9 Å². The minimum absolute atomic E-state index is 0.0430. The van der Waals surface area contributed by atoms with Crippen molar-refractivity contribution < 1.29 is 29.7 Å². The molecule has 2 heterocycles. The maximum absolute atomic E-state index is 12.1. The van der Waals surface area contributed by atoms with Gasteiger partial charge in [-0.1, -0.05) is 66.0 Å². The third kappa shape index (κ3) is 31.9. The Morgan fingerprint density at radius 3 is 1.42 bits per heavy atom. The topological polar surface area (TPSA) is 229 Å². The average molecular weight is 1190 g/mol. The van der Waals surface area contributed by atoms with E-state index < -0.39 is 5.97 Å². The molecule has 2 saturated heterocycles. The second kappa shape index (κ2) is 42.5. The summed E-state index contributed by atoms with van der Waals surface area (Å²) in [6, 6.07) is 16.3. The molecule has 2 aliphatic heterocycles. The predicted octanol–water partition coefficient (Wildman–Crippen LogP) is 7.80. The van der Waals surface area contributed by atoms with Gasteiger partial charge in [0, 0.05) is 93.9 Å². The number of aliphatic hydroxyl groups is 2. The molecule has 20 heteroatoms.